The van der Waals surface area contributed by atoms with Gasteiger partial charge in [0, 0.05) is 43.2 Å². The van der Waals surface area contributed by atoms with E-state index in [0.717, 1.165) is 11.1 Å². The van der Waals surface area contributed by atoms with Gasteiger partial charge in [0.2, 0.25) is 5.91 Å². The van der Waals surface area contributed by atoms with Crippen molar-refractivity contribution in [2.75, 3.05) is 19.6 Å². The van der Waals surface area contributed by atoms with Crippen LogP contribution in [0, 0.1) is 11.7 Å². The molecule has 0 saturated carbocycles. The Bertz CT molecular complexity index is 1040. The first-order valence-electron chi connectivity index (χ1n) is 9.92. The number of carbonyl (C=O) groups excluding carboxylic acids is 2. The molecule has 1 fully saturated rings. The molecule has 1 N–H and O–H groups in total. The van der Waals surface area contributed by atoms with Gasteiger partial charge < -0.3 is 10.2 Å². The van der Waals surface area contributed by atoms with Crippen molar-refractivity contribution in [1.82, 2.24) is 15.2 Å². The number of pyridine rings is 1. The summed E-state index contributed by atoms with van der Waals surface area (Å²) in [5.41, 5.74) is 2.86. The number of nitrogens with one attached hydrogen (secondary N) is 1. The molecule has 2 heterocycles. The fraction of sp³-hybridized carbons (Fsp3) is 0.208. The Kier molecular flexibility index (Phi) is 5.84. The molecule has 0 aliphatic carbocycles. The molecule has 152 valence electrons. The lowest BCUT2D eigenvalue weighted by atomic mass is 9.96. The highest BCUT2D eigenvalue weighted by Crippen LogP contribution is 2.24. The van der Waals surface area contributed by atoms with Crippen LogP contribution < -0.4 is 5.32 Å². The lowest BCUT2D eigenvalue weighted by molar-refractivity contribution is -0.124. The summed E-state index contributed by atoms with van der Waals surface area (Å²) in [4.78, 5) is 31.0. The molecular weight excluding hydrogens is 381 g/mol. The largest absolute Gasteiger partial charge is 0.354 e. The molecule has 1 aromatic heterocycles. The van der Waals surface area contributed by atoms with Gasteiger partial charge in [-0.3, -0.25) is 14.6 Å². The van der Waals surface area contributed by atoms with Gasteiger partial charge >= 0.3 is 0 Å². The van der Waals surface area contributed by atoms with E-state index in [1.165, 1.54) is 6.07 Å². The average molecular weight is 403 g/mol. The fourth-order valence-electron chi connectivity index (χ4n) is 3.72. The monoisotopic (exact) mass is 403 g/mol. The van der Waals surface area contributed by atoms with Crippen LogP contribution >= 0.6 is 0 Å². The summed E-state index contributed by atoms with van der Waals surface area (Å²) in [5.74, 6) is -0.775. The van der Waals surface area contributed by atoms with Gasteiger partial charge in [-0.1, -0.05) is 42.5 Å². The second-order valence-corrected chi connectivity index (χ2v) is 7.36. The summed E-state index contributed by atoms with van der Waals surface area (Å²) in [5, 5.41) is 2.90. The van der Waals surface area contributed by atoms with E-state index < -0.39 is 0 Å². The van der Waals surface area contributed by atoms with Gasteiger partial charge in [-0.15, -0.1) is 0 Å². The van der Waals surface area contributed by atoms with Crippen molar-refractivity contribution in [1.29, 1.82) is 0 Å². The van der Waals surface area contributed by atoms with Gasteiger partial charge in [0.15, 0.2) is 0 Å². The molecule has 2 aromatic carbocycles. The number of rotatable bonds is 4. The first-order valence-corrected chi connectivity index (χ1v) is 9.92. The maximum atomic E-state index is 14.0. The number of hydrogen-bond acceptors (Lipinski definition) is 3. The number of nitrogens with zero attached hydrogens (tertiary/aromatic N) is 2. The molecule has 30 heavy (non-hydrogen) atoms. The molecule has 1 saturated heterocycles. The van der Waals surface area contributed by atoms with Crippen LogP contribution in [0.15, 0.2) is 73.1 Å². The van der Waals surface area contributed by atoms with Crippen LogP contribution in [0.2, 0.25) is 0 Å². The Morgan fingerprint density at radius 3 is 2.53 bits per heavy atom. The molecule has 6 heteroatoms. The normalized spacial score (nSPS) is 16.6. The number of halogens is 1. The number of benzene rings is 2. The summed E-state index contributed by atoms with van der Waals surface area (Å²) in [7, 11) is 0. The van der Waals surface area contributed by atoms with E-state index in [-0.39, 0.29) is 23.5 Å². The molecule has 1 atom stereocenters. The Hall–Kier alpha value is -3.54. The maximum Gasteiger partial charge on any atom is 0.254 e. The molecule has 0 unspecified atom stereocenters. The summed E-state index contributed by atoms with van der Waals surface area (Å²) in [6, 6.07) is 17.6. The summed E-state index contributed by atoms with van der Waals surface area (Å²) < 4.78 is 14.0. The molecule has 1 aliphatic heterocycles. The van der Waals surface area contributed by atoms with Crippen molar-refractivity contribution in [3.05, 3.63) is 90.0 Å². The summed E-state index contributed by atoms with van der Waals surface area (Å²) in [6.07, 6.45) is 3.68. The minimum atomic E-state index is -0.349. The van der Waals surface area contributed by atoms with Crippen LogP contribution in [0.1, 0.15) is 15.9 Å². The van der Waals surface area contributed by atoms with Gasteiger partial charge in [-0.2, -0.15) is 0 Å². The Morgan fingerprint density at radius 2 is 1.80 bits per heavy atom. The molecule has 1 aliphatic rings. The maximum absolute atomic E-state index is 14.0. The molecule has 2 amide bonds. The highest BCUT2D eigenvalue weighted by Gasteiger charge is 2.28. The van der Waals surface area contributed by atoms with Gasteiger partial charge in [0.1, 0.15) is 5.82 Å². The lowest BCUT2D eigenvalue weighted by Gasteiger charge is -2.23. The Morgan fingerprint density at radius 1 is 1.07 bits per heavy atom. The predicted molar refractivity (Wildman–Crippen MR) is 112 cm³/mol. The molecule has 5 nitrogen and oxygen atoms in total. The van der Waals surface area contributed by atoms with E-state index in [1.54, 1.807) is 47.6 Å². The van der Waals surface area contributed by atoms with E-state index in [4.69, 9.17) is 0 Å². The van der Waals surface area contributed by atoms with Crippen molar-refractivity contribution in [3.8, 4) is 11.1 Å². The predicted octanol–water partition coefficient (Wildman–Crippen LogP) is 3.32. The average Bonchev–Trinajstić information content (AvgIpc) is 2.96. The fourth-order valence-corrected chi connectivity index (χ4v) is 3.72. The number of aromatic nitrogens is 1. The topological polar surface area (TPSA) is 62.3 Å². The van der Waals surface area contributed by atoms with Crippen molar-refractivity contribution in [2.24, 2.45) is 5.92 Å². The zero-order chi connectivity index (χ0) is 20.9. The quantitative estimate of drug-likeness (QED) is 0.727. The Labute approximate surface area is 174 Å². The molecule has 0 bridgehead atoms. The number of carbonyl (C=O) groups is 2. The molecule has 0 spiro atoms. The third kappa shape index (κ3) is 4.38. The SMILES string of the molecule is O=C1NCCN(C(=O)c2ccncc2)C[C@@H]1Cc1ccc(-c2ccccc2F)cc1. The van der Waals surface area contributed by atoms with Gasteiger partial charge in [0.25, 0.3) is 5.91 Å². The number of amides is 2. The lowest BCUT2D eigenvalue weighted by Crippen LogP contribution is -2.37. The third-order valence-corrected chi connectivity index (χ3v) is 5.33. The second-order valence-electron chi connectivity index (χ2n) is 7.36. The highest BCUT2D eigenvalue weighted by molar-refractivity contribution is 5.94. The number of hydrogen-bond donors (Lipinski definition) is 1. The first kappa shape index (κ1) is 19.8. The van der Waals surface area contributed by atoms with Crippen LogP contribution in [-0.4, -0.2) is 41.3 Å². The van der Waals surface area contributed by atoms with E-state index in [2.05, 4.69) is 10.3 Å². The molecule has 3 aromatic rings. The third-order valence-electron chi connectivity index (χ3n) is 5.33. The van der Waals surface area contributed by atoms with Gasteiger partial charge in [0.05, 0.1) is 5.92 Å². The molecule has 4 rings (SSSR count). The van der Waals surface area contributed by atoms with E-state index in [1.807, 2.05) is 24.3 Å². The Balaban J connectivity index is 1.49. The van der Waals surface area contributed by atoms with Crippen LogP contribution in [0.25, 0.3) is 11.1 Å². The van der Waals surface area contributed by atoms with E-state index in [9.17, 15) is 14.0 Å². The second kappa shape index (κ2) is 8.86. The zero-order valence-electron chi connectivity index (χ0n) is 16.4. The van der Waals surface area contributed by atoms with Crippen LogP contribution in [-0.2, 0) is 11.2 Å². The standard InChI is InChI=1S/C24H22FN3O2/c25-22-4-2-1-3-21(22)18-7-5-17(6-8-18)15-20-16-28(14-13-27-23(20)29)24(30)19-9-11-26-12-10-19/h1-12,20H,13-16H2,(H,27,29)/t20-/m0/s1. The van der Waals surface area contributed by atoms with Crippen LogP contribution in [0.3, 0.4) is 0 Å². The van der Waals surface area contributed by atoms with Crippen molar-refractivity contribution < 1.29 is 14.0 Å². The summed E-state index contributed by atoms with van der Waals surface area (Å²) in [6.45, 7) is 1.25. The highest BCUT2D eigenvalue weighted by atomic mass is 19.1. The van der Waals surface area contributed by atoms with Crippen LogP contribution in [0.5, 0.6) is 0 Å². The molecule has 0 radical (unpaired) electrons. The van der Waals surface area contributed by atoms with Crippen molar-refractivity contribution >= 4 is 11.8 Å². The first-order chi connectivity index (χ1) is 14.6. The van der Waals surface area contributed by atoms with Crippen molar-refractivity contribution in [2.45, 2.75) is 6.42 Å². The zero-order valence-corrected chi connectivity index (χ0v) is 16.4. The molecular formula is C24H22FN3O2. The smallest absolute Gasteiger partial charge is 0.254 e. The van der Waals surface area contributed by atoms with E-state index in [0.29, 0.717) is 37.2 Å². The summed E-state index contributed by atoms with van der Waals surface area (Å²) >= 11 is 0. The van der Waals surface area contributed by atoms with Crippen molar-refractivity contribution in [3.63, 3.8) is 0 Å². The van der Waals surface area contributed by atoms with Gasteiger partial charge in [-0.05, 0) is 35.7 Å². The van der Waals surface area contributed by atoms with E-state index >= 15 is 0 Å². The van der Waals surface area contributed by atoms with Crippen LogP contribution in [0.4, 0.5) is 4.39 Å². The van der Waals surface area contributed by atoms with Gasteiger partial charge in [-0.25, -0.2) is 4.39 Å². The minimum absolute atomic E-state index is 0.0572. The minimum Gasteiger partial charge on any atom is -0.354 e.